The van der Waals surface area contributed by atoms with Gasteiger partial charge in [-0.1, -0.05) is 24.3 Å². The second kappa shape index (κ2) is 5.88. The number of aryl methyl sites for hydroxylation is 3. The van der Waals surface area contributed by atoms with Gasteiger partial charge in [0.2, 0.25) is 9.99 Å². The number of sulfonamides is 1. The minimum absolute atomic E-state index is 0.0796. The summed E-state index contributed by atoms with van der Waals surface area (Å²) < 4.78 is 30.3. The summed E-state index contributed by atoms with van der Waals surface area (Å²) in [4.78, 5) is 4.90. The van der Waals surface area contributed by atoms with Crippen molar-refractivity contribution in [3.05, 3.63) is 38.9 Å². The molecule has 0 aliphatic heterocycles. The van der Waals surface area contributed by atoms with E-state index in [1.54, 1.807) is 13.0 Å². The number of imidazole rings is 1. The lowest BCUT2D eigenvalue weighted by Crippen LogP contribution is -2.17. The quantitative estimate of drug-likeness (QED) is 0.707. The normalized spacial score (nSPS) is 12.0. The fourth-order valence-corrected chi connectivity index (χ4v) is 5.23. The van der Waals surface area contributed by atoms with Gasteiger partial charge in [-0.05, 0) is 53.9 Å². The monoisotopic (exact) mass is 414 g/mol. The number of nitrogens with zero attached hydrogens (tertiary/aromatic N) is 3. The lowest BCUT2D eigenvalue weighted by atomic mass is 10.2. The predicted octanol–water partition coefficient (Wildman–Crippen LogP) is 3.53. The van der Waals surface area contributed by atoms with Crippen LogP contribution in [0.5, 0.6) is 0 Å². The third-order valence-corrected chi connectivity index (χ3v) is 6.47. The zero-order valence-electron chi connectivity index (χ0n) is 12.8. The highest BCUT2D eigenvalue weighted by Crippen LogP contribution is 2.28. The highest BCUT2D eigenvalue weighted by Gasteiger charge is 2.26. The summed E-state index contributed by atoms with van der Waals surface area (Å²) in [6, 6.07) is 5.43. The van der Waals surface area contributed by atoms with Crippen molar-refractivity contribution >= 4 is 47.9 Å². The van der Waals surface area contributed by atoms with Crippen LogP contribution in [-0.4, -0.2) is 23.0 Å². The molecule has 23 heavy (non-hydrogen) atoms. The van der Waals surface area contributed by atoms with Gasteiger partial charge in [0, 0.05) is 4.47 Å². The first-order valence-corrected chi connectivity index (χ1v) is 10.0. The van der Waals surface area contributed by atoms with Crippen LogP contribution in [0.4, 0.5) is 5.69 Å². The first-order chi connectivity index (χ1) is 10.8. The Bertz CT molecular complexity index is 992. The Kier molecular flexibility index (Phi) is 4.19. The third kappa shape index (κ3) is 3.00. The molecule has 0 spiro atoms. The molecule has 0 aliphatic carbocycles. The van der Waals surface area contributed by atoms with Crippen molar-refractivity contribution in [2.75, 3.05) is 4.72 Å². The van der Waals surface area contributed by atoms with Gasteiger partial charge in [0.05, 0.1) is 11.4 Å². The summed E-state index contributed by atoms with van der Waals surface area (Å²) in [6.07, 6.45) is 0.740. The number of anilines is 1. The number of nitrogens with one attached hydrogen (secondary N) is 1. The van der Waals surface area contributed by atoms with Crippen LogP contribution in [0.3, 0.4) is 0 Å². The summed E-state index contributed by atoms with van der Waals surface area (Å²) in [6.45, 7) is 5.59. The van der Waals surface area contributed by atoms with Gasteiger partial charge >= 0.3 is 0 Å². The molecule has 0 atom stereocenters. The molecule has 0 fully saturated rings. The van der Waals surface area contributed by atoms with Crippen molar-refractivity contribution in [1.29, 1.82) is 0 Å². The van der Waals surface area contributed by atoms with Crippen LogP contribution in [0.15, 0.2) is 27.7 Å². The van der Waals surface area contributed by atoms with Crippen molar-refractivity contribution in [1.82, 2.24) is 14.6 Å². The highest BCUT2D eigenvalue weighted by molar-refractivity contribution is 9.10. The second-order valence-electron chi connectivity index (χ2n) is 5.13. The fraction of sp³-hybridized carbons (Fsp3) is 0.286. The standard InChI is InChI=1S/C14H15BrN4O2S2/c1-4-12-17-19-13(9(3)16-14(19)22-12)23(20,21)18-11-6-5-8(2)7-10(11)15/h5-7,18H,4H2,1-3H3. The molecule has 2 heterocycles. The van der Waals surface area contributed by atoms with Gasteiger partial charge in [0.1, 0.15) is 5.01 Å². The van der Waals surface area contributed by atoms with Crippen molar-refractivity contribution in [3.8, 4) is 0 Å². The molecule has 3 rings (SSSR count). The third-order valence-electron chi connectivity index (χ3n) is 3.29. The number of hydrogen-bond acceptors (Lipinski definition) is 5. The van der Waals surface area contributed by atoms with Gasteiger partial charge in [-0.15, -0.1) is 0 Å². The molecule has 0 amide bonds. The molecule has 0 unspecified atom stereocenters. The molecule has 6 nitrogen and oxygen atoms in total. The zero-order chi connectivity index (χ0) is 16.8. The molecule has 0 radical (unpaired) electrons. The largest absolute Gasteiger partial charge is 0.281 e. The van der Waals surface area contributed by atoms with Gasteiger partial charge in [0.25, 0.3) is 10.0 Å². The van der Waals surface area contributed by atoms with Gasteiger partial charge in [0.15, 0.2) is 0 Å². The molecule has 0 saturated heterocycles. The summed E-state index contributed by atoms with van der Waals surface area (Å²) in [5.74, 6) is 0. The molecule has 0 aliphatic rings. The average Bonchev–Trinajstić information content (AvgIpc) is 2.97. The van der Waals surface area contributed by atoms with Crippen LogP contribution < -0.4 is 4.72 Å². The van der Waals surface area contributed by atoms with Crippen molar-refractivity contribution in [2.24, 2.45) is 0 Å². The van der Waals surface area contributed by atoms with Crippen LogP contribution in [-0.2, 0) is 16.4 Å². The number of rotatable bonds is 4. The highest BCUT2D eigenvalue weighted by atomic mass is 79.9. The molecule has 122 valence electrons. The Morgan fingerprint density at radius 3 is 2.74 bits per heavy atom. The van der Waals surface area contributed by atoms with E-state index in [9.17, 15) is 8.42 Å². The van der Waals surface area contributed by atoms with E-state index in [1.807, 2.05) is 26.0 Å². The fourth-order valence-electron chi connectivity index (χ4n) is 2.22. The minimum atomic E-state index is -3.79. The molecule has 3 aromatic rings. The van der Waals surface area contributed by atoms with Crippen LogP contribution >= 0.6 is 27.3 Å². The maximum atomic E-state index is 12.8. The number of fused-ring (bicyclic) bond motifs is 1. The van der Waals surface area contributed by atoms with Crippen molar-refractivity contribution in [2.45, 2.75) is 32.2 Å². The molecular formula is C14H15BrN4O2S2. The smallest absolute Gasteiger partial charge is 0.277 e. The Morgan fingerprint density at radius 1 is 1.35 bits per heavy atom. The van der Waals surface area contributed by atoms with E-state index in [1.165, 1.54) is 15.9 Å². The SMILES string of the molecule is CCc1nn2c(S(=O)(=O)Nc3ccc(C)cc3Br)c(C)nc2s1. The van der Waals surface area contributed by atoms with E-state index >= 15 is 0 Å². The van der Waals surface area contributed by atoms with Gasteiger partial charge in [-0.25, -0.2) is 4.98 Å². The van der Waals surface area contributed by atoms with Crippen LogP contribution in [0.2, 0.25) is 0 Å². The summed E-state index contributed by atoms with van der Waals surface area (Å²) in [5, 5.41) is 5.27. The van der Waals surface area contributed by atoms with E-state index < -0.39 is 10.0 Å². The maximum Gasteiger partial charge on any atom is 0.281 e. The molecular weight excluding hydrogens is 400 g/mol. The lowest BCUT2D eigenvalue weighted by Gasteiger charge is -2.10. The zero-order valence-corrected chi connectivity index (χ0v) is 16.0. The van der Waals surface area contributed by atoms with Crippen LogP contribution in [0.25, 0.3) is 4.96 Å². The second-order valence-corrected chi connectivity index (χ2v) is 8.63. The van der Waals surface area contributed by atoms with Crippen molar-refractivity contribution in [3.63, 3.8) is 0 Å². The number of halogens is 1. The molecule has 1 aromatic carbocycles. The predicted molar refractivity (Wildman–Crippen MR) is 94.7 cm³/mol. The van der Waals surface area contributed by atoms with E-state index in [4.69, 9.17) is 0 Å². The molecule has 0 saturated carbocycles. The number of hydrogen-bond donors (Lipinski definition) is 1. The molecule has 1 N–H and O–H groups in total. The Hall–Kier alpha value is -1.45. The van der Waals surface area contributed by atoms with Crippen molar-refractivity contribution < 1.29 is 8.42 Å². The lowest BCUT2D eigenvalue weighted by molar-refractivity contribution is 0.592. The topological polar surface area (TPSA) is 76.4 Å². The van der Waals surface area contributed by atoms with E-state index in [0.717, 1.165) is 17.0 Å². The number of benzene rings is 1. The van der Waals surface area contributed by atoms with Gasteiger partial charge in [-0.2, -0.15) is 18.0 Å². The molecule has 9 heteroatoms. The Morgan fingerprint density at radius 2 is 2.09 bits per heavy atom. The average molecular weight is 415 g/mol. The summed E-state index contributed by atoms with van der Waals surface area (Å²) >= 11 is 4.78. The van der Waals surface area contributed by atoms with E-state index in [-0.39, 0.29) is 5.03 Å². The van der Waals surface area contributed by atoms with E-state index in [0.29, 0.717) is 20.8 Å². The van der Waals surface area contributed by atoms with E-state index in [2.05, 4.69) is 30.7 Å². The molecule has 2 aromatic heterocycles. The van der Waals surface area contributed by atoms with Gasteiger partial charge in [-0.3, -0.25) is 4.72 Å². The first-order valence-electron chi connectivity index (χ1n) is 6.96. The Labute approximate surface area is 146 Å². The number of aromatic nitrogens is 3. The summed E-state index contributed by atoms with van der Waals surface area (Å²) in [7, 11) is -3.79. The van der Waals surface area contributed by atoms with Crippen LogP contribution in [0.1, 0.15) is 23.2 Å². The van der Waals surface area contributed by atoms with Crippen LogP contribution in [0, 0.1) is 13.8 Å². The first kappa shape index (κ1) is 16.4. The molecule has 0 bridgehead atoms. The Balaban J connectivity index is 2.08. The summed E-state index contributed by atoms with van der Waals surface area (Å²) in [5.41, 5.74) is 1.95. The van der Waals surface area contributed by atoms with Gasteiger partial charge < -0.3 is 0 Å². The minimum Gasteiger partial charge on any atom is -0.277 e. The maximum absolute atomic E-state index is 12.8.